The van der Waals surface area contributed by atoms with E-state index in [1.54, 1.807) is 31.2 Å². The molecule has 0 bridgehead atoms. The van der Waals surface area contributed by atoms with Crippen molar-refractivity contribution in [1.82, 2.24) is 10.9 Å². The molecule has 0 aliphatic carbocycles. The molecule has 0 saturated carbocycles. The molecule has 2 heterocycles. The molecule has 11 heteroatoms. The first-order valence-electron chi connectivity index (χ1n) is 8.43. The summed E-state index contributed by atoms with van der Waals surface area (Å²) in [4.78, 5) is 23.9. The molecule has 0 aromatic heterocycles. The minimum Gasteiger partial charge on any atom is -0.335 e. The molecule has 1 spiro atoms. The van der Waals surface area contributed by atoms with Gasteiger partial charge in [-0.25, -0.2) is 5.43 Å². The van der Waals surface area contributed by atoms with Crippen LogP contribution in [0.1, 0.15) is 16.7 Å². The first kappa shape index (κ1) is 18.7. The highest BCUT2D eigenvalue weighted by atomic mass is 19.4. The van der Waals surface area contributed by atoms with Crippen LogP contribution >= 0.6 is 0 Å². The first-order chi connectivity index (χ1) is 13.7. The maximum atomic E-state index is 13.4. The van der Waals surface area contributed by atoms with Crippen LogP contribution in [0.25, 0.3) is 0 Å². The third kappa shape index (κ3) is 2.70. The van der Waals surface area contributed by atoms with Gasteiger partial charge in [-0.15, -0.1) is 0 Å². The van der Waals surface area contributed by atoms with E-state index in [1.165, 1.54) is 6.07 Å². The van der Waals surface area contributed by atoms with Gasteiger partial charge in [0.25, 0.3) is 5.91 Å². The van der Waals surface area contributed by atoms with Gasteiger partial charge in [0.05, 0.1) is 16.2 Å². The van der Waals surface area contributed by atoms with Crippen molar-refractivity contribution in [3.8, 4) is 0 Å². The molecule has 0 radical (unpaired) electrons. The van der Waals surface area contributed by atoms with Gasteiger partial charge in [-0.1, -0.05) is 30.3 Å². The molecule has 0 fully saturated rings. The first-order valence-corrected chi connectivity index (χ1v) is 8.43. The molecule has 2 aliphatic heterocycles. The van der Waals surface area contributed by atoms with Crippen LogP contribution in [0.4, 0.5) is 24.5 Å². The molecular formula is C18H14F3N5O3. The van der Waals surface area contributed by atoms with Crippen molar-refractivity contribution in [2.45, 2.75) is 18.6 Å². The second-order valence-corrected chi connectivity index (χ2v) is 6.60. The van der Waals surface area contributed by atoms with Gasteiger partial charge in [-0.2, -0.15) is 13.2 Å². The minimum atomic E-state index is -4.74. The van der Waals surface area contributed by atoms with Crippen molar-refractivity contribution in [3.05, 3.63) is 80.8 Å². The number of carbonyl (C=O) groups is 1. The van der Waals surface area contributed by atoms with Crippen LogP contribution in [-0.4, -0.2) is 10.8 Å². The van der Waals surface area contributed by atoms with Gasteiger partial charge in [-0.3, -0.25) is 20.3 Å². The monoisotopic (exact) mass is 405 g/mol. The Bertz CT molecular complexity index is 1080. The molecule has 1 amide bonds. The number of nitrogens with one attached hydrogen (secondary N) is 4. The third-order valence-electron chi connectivity index (χ3n) is 4.91. The Kier molecular flexibility index (Phi) is 4.01. The normalized spacial score (nSPS) is 20.5. The van der Waals surface area contributed by atoms with Crippen LogP contribution in [0.2, 0.25) is 0 Å². The lowest BCUT2D eigenvalue weighted by atomic mass is 9.88. The third-order valence-corrected chi connectivity index (χ3v) is 4.91. The zero-order valence-corrected chi connectivity index (χ0v) is 14.8. The van der Waals surface area contributed by atoms with E-state index in [4.69, 9.17) is 0 Å². The van der Waals surface area contributed by atoms with Crippen molar-refractivity contribution in [2.24, 2.45) is 0 Å². The molecule has 8 nitrogen and oxygen atoms in total. The maximum Gasteiger partial charge on any atom is 0.418 e. The number of benzene rings is 2. The number of fused-ring (bicyclic) bond motifs is 2. The maximum absolute atomic E-state index is 13.4. The number of para-hydroxylation sites is 2. The van der Waals surface area contributed by atoms with E-state index in [9.17, 15) is 28.1 Å². The van der Waals surface area contributed by atoms with E-state index >= 15 is 0 Å². The van der Waals surface area contributed by atoms with E-state index in [0.717, 1.165) is 17.7 Å². The fourth-order valence-corrected chi connectivity index (χ4v) is 3.55. The van der Waals surface area contributed by atoms with E-state index in [1.807, 2.05) is 0 Å². The van der Waals surface area contributed by atoms with Gasteiger partial charge >= 0.3 is 11.9 Å². The van der Waals surface area contributed by atoms with E-state index in [0.29, 0.717) is 5.69 Å². The Morgan fingerprint density at radius 3 is 2.52 bits per heavy atom. The number of carbonyl (C=O) groups excluding carboxylic acids is 1. The summed E-state index contributed by atoms with van der Waals surface area (Å²) in [6.07, 6.45) is -4.74. The average Bonchev–Trinajstić information content (AvgIpc) is 3.16. The highest BCUT2D eigenvalue weighted by Gasteiger charge is 2.62. The summed E-state index contributed by atoms with van der Waals surface area (Å²) in [5.74, 6) is -1.12. The quantitative estimate of drug-likeness (QED) is 0.462. The zero-order valence-electron chi connectivity index (χ0n) is 14.8. The molecule has 1 atom stereocenters. The van der Waals surface area contributed by atoms with Crippen LogP contribution in [-0.2, 0) is 16.5 Å². The van der Waals surface area contributed by atoms with Crippen LogP contribution < -0.4 is 21.5 Å². The predicted octanol–water partition coefficient (Wildman–Crippen LogP) is 2.83. The number of hydrazine groups is 1. The standard InChI is InChI=1S/C18H14F3N5O3/c1-9-5-2-3-8-12(9)22-15-14(26(28)29)17(25-24-15)10-6-4-7-11(18(19,20)21)13(10)23-16(17)27/h2-8,22,24-25H,1H3,(H,23,27). The number of nitro groups is 1. The second kappa shape index (κ2) is 6.21. The Morgan fingerprint density at radius 1 is 1.14 bits per heavy atom. The molecule has 2 aromatic rings. The van der Waals surface area contributed by atoms with Crippen molar-refractivity contribution in [2.75, 3.05) is 10.6 Å². The smallest absolute Gasteiger partial charge is 0.335 e. The van der Waals surface area contributed by atoms with E-state index < -0.39 is 39.5 Å². The SMILES string of the molecule is Cc1ccccc1NC1=C([N+](=O)[O-])C2(NN1)C(=O)Nc1c(C(F)(F)F)cccc12. The molecule has 2 aliphatic rings. The van der Waals surface area contributed by atoms with Crippen LogP contribution in [0.15, 0.2) is 54.0 Å². The average molecular weight is 405 g/mol. The topological polar surface area (TPSA) is 108 Å². The number of nitrogens with zero attached hydrogens (tertiary/aromatic N) is 1. The zero-order chi connectivity index (χ0) is 21.0. The lowest BCUT2D eigenvalue weighted by molar-refractivity contribution is -0.434. The van der Waals surface area contributed by atoms with Crippen LogP contribution in [0.5, 0.6) is 0 Å². The molecular weight excluding hydrogens is 391 g/mol. The molecule has 2 aromatic carbocycles. The molecule has 0 saturated heterocycles. The Hall–Kier alpha value is -3.60. The van der Waals surface area contributed by atoms with Crippen molar-refractivity contribution in [1.29, 1.82) is 0 Å². The lowest BCUT2D eigenvalue weighted by Gasteiger charge is -2.19. The largest absolute Gasteiger partial charge is 0.418 e. The number of hydrogen-bond acceptors (Lipinski definition) is 6. The summed E-state index contributed by atoms with van der Waals surface area (Å²) in [6.45, 7) is 1.78. The van der Waals surface area contributed by atoms with Gasteiger partial charge in [0.1, 0.15) is 0 Å². The van der Waals surface area contributed by atoms with Gasteiger partial charge < -0.3 is 10.6 Å². The number of anilines is 2. The number of rotatable bonds is 3. The van der Waals surface area contributed by atoms with Gasteiger partial charge in [0.15, 0.2) is 5.82 Å². The number of hydrogen-bond donors (Lipinski definition) is 4. The number of aryl methyl sites for hydroxylation is 1. The Labute approximate surface area is 161 Å². The van der Waals surface area contributed by atoms with E-state index in [-0.39, 0.29) is 11.4 Å². The summed E-state index contributed by atoms with van der Waals surface area (Å²) in [6, 6.07) is 10.1. The highest BCUT2D eigenvalue weighted by molar-refractivity contribution is 6.09. The van der Waals surface area contributed by atoms with Crippen molar-refractivity contribution >= 4 is 17.3 Å². The number of halogens is 3. The fraction of sp³-hybridized carbons (Fsp3) is 0.167. The van der Waals surface area contributed by atoms with E-state index in [2.05, 4.69) is 21.5 Å². The molecule has 4 N–H and O–H groups in total. The molecule has 150 valence electrons. The summed E-state index contributed by atoms with van der Waals surface area (Å²) in [5.41, 5.74) is 1.89. The predicted molar refractivity (Wildman–Crippen MR) is 96.8 cm³/mol. The number of amides is 1. The summed E-state index contributed by atoms with van der Waals surface area (Å²) in [5, 5.41) is 16.9. The summed E-state index contributed by atoms with van der Waals surface area (Å²) >= 11 is 0. The van der Waals surface area contributed by atoms with Crippen LogP contribution in [0, 0.1) is 17.0 Å². The van der Waals surface area contributed by atoms with Crippen LogP contribution in [0.3, 0.4) is 0 Å². The summed E-state index contributed by atoms with van der Waals surface area (Å²) < 4.78 is 40.1. The molecule has 29 heavy (non-hydrogen) atoms. The minimum absolute atomic E-state index is 0.135. The van der Waals surface area contributed by atoms with Gasteiger partial charge in [-0.05, 0) is 24.6 Å². The van der Waals surface area contributed by atoms with Gasteiger partial charge in [0.2, 0.25) is 5.54 Å². The second-order valence-electron chi connectivity index (χ2n) is 6.60. The highest BCUT2D eigenvalue weighted by Crippen LogP contribution is 2.48. The Balaban J connectivity index is 1.89. The fourth-order valence-electron chi connectivity index (χ4n) is 3.55. The molecule has 4 rings (SSSR count). The summed E-state index contributed by atoms with van der Waals surface area (Å²) in [7, 11) is 0. The van der Waals surface area contributed by atoms with Crippen molar-refractivity contribution in [3.63, 3.8) is 0 Å². The molecule has 1 unspecified atom stereocenters. The van der Waals surface area contributed by atoms with Gasteiger partial charge in [0, 0.05) is 11.3 Å². The lowest BCUT2D eigenvalue weighted by Crippen LogP contribution is -2.50. The number of alkyl halides is 3. The Morgan fingerprint density at radius 2 is 1.86 bits per heavy atom. The van der Waals surface area contributed by atoms with Crippen molar-refractivity contribution < 1.29 is 22.9 Å².